The zero-order valence-corrected chi connectivity index (χ0v) is 24.6. The average molecular weight is 593 g/mol. The smallest absolute Gasteiger partial charge is 0.243 e. The van der Waals surface area contributed by atoms with Gasteiger partial charge in [-0.15, -0.1) is 11.3 Å². The largest absolute Gasteiger partial charge is 0.492 e. The van der Waals surface area contributed by atoms with Crippen LogP contribution in [0.4, 0.5) is 0 Å². The molecular formula is C35H32N2O5S. The highest BCUT2D eigenvalue weighted by Crippen LogP contribution is 2.43. The fourth-order valence-electron chi connectivity index (χ4n) is 4.25. The third kappa shape index (κ3) is 8.09. The van der Waals surface area contributed by atoms with Gasteiger partial charge in [0.1, 0.15) is 35.3 Å². The first-order valence-corrected chi connectivity index (χ1v) is 14.7. The van der Waals surface area contributed by atoms with E-state index in [1.807, 2.05) is 103 Å². The third-order valence-corrected chi connectivity index (χ3v) is 7.61. The summed E-state index contributed by atoms with van der Waals surface area (Å²) in [6, 6.07) is 32.3. The van der Waals surface area contributed by atoms with Crippen molar-refractivity contribution >= 4 is 33.1 Å². The van der Waals surface area contributed by atoms with Gasteiger partial charge in [-0.25, -0.2) is 0 Å². The SMILES string of the molecule is CNC(=O)/C=C/CNCCOc1ccc(Oc2c(C(=O)c3ccccc3)sc3cc(OCc4ccccc4)ccc23)cc1. The van der Waals surface area contributed by atoms with Crippen LogP contribution in [0, 0.1) is 0 Å². The summed E-state index contributed by atoms with van der Waals surface area (Å²) in [4.78, 5) is 25.3. The van der Waals surface area contributed by atoms with E-state index in [2.05, 4.69) is 10.6 Å². The molecule has 1 amide bonds. The molecule has 0 radical (unpaired) electrons. The molecule has 5 rings (SSSR count). The van der Waals surface area contributed by atoms with E-state index in [4.69, 9.17) is 14.2 Å². The summed E-state index contributed by atoms with van der Waals surface area (Å²) in [5, 5.41) is 6.56. The molecule has 5 aromatic rings. The Kier molecular flexibility index (Phi) is 10.2. The summed E-state index contributed by atoms with van der Waals surface area (Å²) >= 11 is 1.39. The van der Waals surface area contributed by atoms with Gasteiger partial charge < -0.3 is 24.8 Å². The van der Waals surface area contributed by atoms with E-state index in [0.29, 0.717) is 54.0 Å². The minimum absolute atomic E-state index is 0.0961. The number of hydrogen-bond acceptors (Lipinski definition) is 7. The summed E-state index contributed by atoms with van der Waals surface area (Å²) < 4.78 is 19.1. The molecule has 0 aliphatic heterocycles. The number of fused-ring (bicyclic) bond motifs is 1. The van der Waals surface area contributed by atoms with Crippen molar-refractivity contribution in [3.8, 4) is 23.0 Å². The van der Waals surface area contributed by atoms with Crippen molar-refractivity contribution in [3.63, 3.8) is 0 Å². The van der Waals surface area contributed by atoms with E-state index in [1.165, 1.54) is 17.4 Å². The van der Waals surface area contributed by atoms with Crippen molar-refractivity contribution in [1.29, 1.82) is 0 Å². The lowest BCUT2D eigenvalue weighted by atomic mass is 10.1. The first kappa shape index (κ1) is 29.6. The summed E-state index contributed by atoms with van der Waals surface area (Å²) in [7, 11) is 1.59. The number of ketones is 1. The summed E-state index contributed by atoms with van der Waals surface area (Å²) in [6.07, 6.45) is 3.25. The van der Waals surface area contributed by atoms with Gasteiger partial charge in [0.05, 0.1) is 0 Å². The molecule has 0 atom stereocenters. The molecule has 0 saturated carbocycles. The summed E-state index contributed by atoms with van der Waals surface area (Å²) in [6.45, 7) is 2.12. The molecule has 0 fully saturated rings. The third-order valence-electron chi connectivity index (χ3n) is 6.48. The van der Waals surface area contributed by atoms with Crippen LogP contribution in [-0.4, -0.2) is 38.4 Å². The van der Waals surface area contributed by atoms with Crippen LogP contribution in [0.25, 0.3) is 10.1 Å². The molecule has 1 heterocycles. The van der Waals surface area contributed by atoms with Gasteiger partial charge >= 0.3 is 0 Å². The fourth-order valence-corrected chi connectivity index (χ4v) is 5.37. The Balaban J connectivity index is 1.29. The highest BCUT2D eigenvalue weighted by Gasteiger charge is 2.22. The van der Waals surface area contributed by atoms with Crippen LogP contribution in [0.1, 0.15) is 20.8 Å². The predicted molar refractivity (Wildman–Crippen MR) is 171 cm³/mol. The number of amides is 1. The van der Waals surface area contributed by atoms with Gasteiger partial charge in [0.15, 0.2) is 5.75 Å². The topological polar surface area (TPSA) is 85.9 Å². The van der Waals surface area contributed by atoms with Crippen molar-refractivity contribution in [1.82, 2.24) is 10.6 Å². The Morgan fingerprint density at radius 3 is 2.26 bits per heavy atom. The van der Waals surface area contributed by atoms with Gasteiger partial charge in [-0.2, -0.15) is 0 Å². The maximum Gasteiger partial charge on any atom is 0.243 e. The van der Waals surface area contributed by atoms with E-state index >= 15 is 0 Å². The van der Waals surface area contributed by atoms with E-state index < -0.39 is 0 Å². The monoisotopic (exact) mass is 592 g/mol. The molecule has 0 aliphatic rings. The second kappa shape index (κ2) is 14.8. The Hall–Kier alpha value is -4.92. The summed E-state index contributed by atoms with van der Waals surface area (Å²) in [5.74, 6) is 2.31. The van der Waals surface area contributed by atoms with Gasteiger partial charge in [0.25, 0.3) is 0 Å². The Bertz CT molecular complexity index is 1680. The minimum atomic E-state index is -0.134. The van der Waals surface area contributed by atoms with Crippen LogP contribution < -0.4 is 24.8 Å². The van der Waals surface area contributed by atoms with Crippen molar-refractivity contribution in [3.05, 3.63) is 131 Å². The van der Waals surface area contributed by atoms with Crippen LogP contribution in [0.5, 0.6) is 23.0 Å². The van der Waals surface area contributed by atoms with Gasteiger partial charge in [-0.05, 0) is 48.0 Å². The number of benzene rings is 4. The Morgan fingerprint density at radius 2 is 1.51 bits per heavy atom. The van der Waals surface area contributed by atoms with Crippen LogP contribution in [0.3, 0.4) is 0 Å². The number of carbonyl (C=O) groups is 2. The van der Waals surface area contributed by atoms with Crippen molar-refractivity contribution in [2.24, 2.45) is 0 Å². The molecule has 7 nitrogen and oxygen atoms in total. The molecule has 0 spiro atoms. The van der Waals surface area contributed by atoms with Crippen molar-refractivity contribution in [2.45, 2.75) is 6.61 Å². The molecule has 43 heavy (non-hydrogen) atoms. The van der Waals surface area contributed by atoms with Crippen molar-refractivity contribution < 1.29 is 23.8 Å². The summed E-state index contributed by atoms with van der Waals surface area (Å²) in [5.41, 5.74) is 1.68. The second-order valence-electron chi connectivity index (χ2n) is 9.53. The molecule has 218 valence electrons. The first-order valence-electron chi connectivity index (χ1n) is 13.9. The van der Waals surface area contributed by atoms with E-state index in [9.17, 15) is 9.59 Å². The van der Waals surface area contributed by atoms with Gasteiger partial charge in [0.2, 0.25) is 11.7 Å². The van der Waals surface area contributed by atoms with E-state index in [1.54, 1.807) is 13.1 Å². The molecule has 2 N–H and O–H groups in total. The minimum Gasteiger partial charge on any atom is -0.492 e. The maximum absolute atomic E-state index is 13.6. The Labute approximate surface area is 254 Å². The quantitative estimate of drug-likeness (QED) is 0.0841. The lowest BCUT2D eigenvalue weighted by molar-refractivity contribution is -0.116. The van der Waals surface area contributed by atoms with Crippen LogP contribution in [-0.2, 0) is 11.4 Å². The number of carbonyl (C=O) groups excluding carboxylic acids is 2. The van der Waals surface area contributed by atoms with E-state index in [-0.39, 0.29) is 11.7 Å². The van der Waals surface area contributed by atoms with Gasteiger partial charge in [-0.1, -0.05) is 66.7 Å². The number of likely N-dealkylation sites (N-methyl/N-ethyl adjacent to an activating group) is 1. The van der Waals surface area contributed by atoms with Crippen LogP contribution >= 0.6 is 11.3 Å². The fraction of sp³-hybridized carbons (Fsp3) is 0.143. The van der Waals surface area contributed by atoms with Crippen LogP contribution in [0.2, 0.25) is 0 Å². The molecule has 0 aliphatic carbocycles. The van der Waals surface area contributed by atoms with E-state index in [0.717, 1.165) is 21.4 Å². The lowest BCUT2D eigenvalue weighted by Gasteiger charge is -2.10. The first-order chi connectivity index (χ1) is 21.1. The number of rotatable bonds is 14. The molecule has 8 heteroatoms. The Morgan fingerprint density at radius 1 is 0.814 bits per heavy atom. The number of thiophene rings is 1. The molecule has 0 unspecified atom stereocenters. The predicted octanol–water partition coefficient (Wildman–Crippen LogP) is 6.77. The standard InChI is InChI=1S/C35H32N2O5S/c1-36-32(38)13-8-20-37-21-22-40-27-14-16-28(17-15-27)42-34-30-19-18-29(41-24-25-9-4-2-5-10-25)23-31(30)43-35(34)33(39)26-11-6-3-7-12-26/h2-19,23,37H,20-22,24H2,1H3,(H,36,38)/b13-8+. The maximum atomic E-state index is 13.6. The zero-order chi connectivity index (χ0) is 29.9. The zero-order valence-electron chi connectivity index (χ0n) is 23.7. The highest BCUT2D eigenvalue weighted by atomic mass is 32.1. The molecule has 0 bridgehead atoms. The normalized spacial score (nSPS) is 11.0. The molecule has 1 aromatic heterocycles. The average Bonchev–Trinajstić information content (AvgIpc) is 3.41. The number of hydrogen-bond donors (Lipinski definition) is 2. The highest BCUT2D eigenvalue weighted by molar-refractivity contribution is 7.21. The molecular weight excluding hydrogens is 560 g/mol. The van der Waals surface area contributed by atoms with Gasteiger partial charge in [0, 0.05) is 41.9 Å². The molecule has 4 aromatic carbocycles. The molecule has 0 saturated heterocycles. The number of nitrogens with one attached hydrogen (secondary N) is 2. The lowest BCUT2D eigenvalue weighted by Crippen LogP contribution is -2.21. The van der Waals surface area contributed by atoms with Gasteiger partial charge in [-0.3, -0.25) is 9.59 Å². The second-order valence-corrected chi connectivity index (χ2v) is 10.6. The van der Waals surface area contributed by atoms with Crippen molar-refractivity contribution in [2.75, 3.05) is 26.7 Å². The number of ether oxygens (including phenoxy) is 3. The van der Waals surface area contributed by atoms with Crippen LogP contribution in [0.15, 0.2) is 115 Å².